The second-order valence-electron chi connectivity index (χ2n) is 11.5. The summed E-state index contributed by atoms with van der Waals surface area (Å²) in [6, 6.07) is 8.29. The van der Waals surface area contributed by atoms with Crippen molar-refractivity contribution in [1.29, 1.82) is 0 Å². The lowest BCUT2D eigenvalue weighted by atomic mass is 9.97. The summed E-state index contributed by atoms with van der Waals surface area (Å²) in [6.45, 7) is 2.88. The van der Waals surface area contributed by atoms with E-state index in [0.29, 0.717) is 45.0 Å². The van der Waals surface area contributed by atoms with Gasteiger partial charge in [-0.25, -0.2) is 9.18 Å². The largest absolute Gasteiger partial charge is 0.492 e. The Labute approximate surface area is 301 Å². The molecule has 0 atom stereocenters. The molecule has 2 aliphatic heterocycles. The third kappa shape index (κ3) is 9.67. The van der Waals surface area contributed by atoms with E-state index in [-0.39, 0.29) is 63.0 Å². The van der Waals surface area contributed by atoms with Crippen molar-refractivity contribution in [3.05, 3.63) is 87.6 Å². The van der Waals surface area contributed by atoms with Crippen molar-refractivity contribution in [2.75, 3.05) is 51.3 Å². The van der Waals surface area contributed by atoms with Crippen molar-refractivity contribution in [2.45, 2.75) is 18.8 Å². The zero-order valence-electron chi connectivity index (χ0n) is 26.8. The molecule has 2 amide bonds. The second kappa shape index (κ2) is 16.0. The number of carboxylic acids is 1. The van der Waals surface area contributed by atoms with Crippen molar-refractivity contribution in [3.8, 4) is 16.9 Å². The zero-order valence-corrected chi connectivity index (χ0v) is 28.4. The third-order valence-electron chi connectivity index (χ3n) is 7.91. The molecule has 0 unspecified atom stereocenters. The summed E-state index contributed by atoms with van der Waals surface area (Å²) in [5, 5.41) is 11.4. The van der Waals surface area contributed by atoms with E-state index in [4.69, 9.17) is 26.8 Å². The van der Waals surface area contributed by atoms with E-state index in [0.717, 1.165) is 28.8 Å². The van der Waals surface area contributed by atoms with Crippen LogP contribution in [-0.2, 0) is 26.7 Å². The number of thioether (sulfide) groups is 1. The molecule has 3 aromatic carbocycles. The fourth-order valence-corrected chi connectivity index (χ4v) is 6.54. The third-order valence-corrected chi connectivity index (χ3v) is 9.28. The van der Waals surface area contributed by atoms with Gasteiger partial charge in [-0.3, -0.25) is 19.4 Å². The molecule has 2 N–H and O–H groups in total. The number of carboxylic acid groups (broad SMARTS) is 1. The van der Waals surface area contributed by atoms with Crippen LogP contribution in [0, 0.1) is 5.82 Å². The van der Waals surface area contributed by atoms with Crippen LogP contribution in [0.3, 0.4) is 0 Å². The van der Waals surface area contributed by atoms with Crippen LogP contribution in [0.2, 0.25) is 0 Å². The lowest BCUT2D eigenvalue weighted by molar-refractivity contribution is -0.143. The summed E-state index contributed by atoms with van der Waals surface area (Å²) in [5.41, 5.74) is -3.78. The van der Waals surface area contributed by atoms with Crippen LogP contribution < -0.4 is 10.1 Å². The van der Waals surface area contributed by atoms with Gasteiger partial charge in [0.25, 0.3) is 5.91 Å². The van der Waals surface area contributed by atoms with Crippen LogP contribution >= 0.6 is 24.0 Å². The molecular weight excluding hydrogens is 744 g/mol. The molecule has 0 saturated carbocycles. The van der Waals surface area contributed by atoms with Gasteiger partial charge in [0.15, 0.2) is 0 Å². The van der Waals surface area contributed by atoms with Crippen molar-refractivity contribution < 1.29 is 59.7 Å². The summed E-state index contributed by atoms with van der Waals surface area (Å²) in [5.74, 6) is -3.60. The minimum Gasteiger partial charge on any atom is -0.492 e. The Balaban J connectivity index is 1.39. The number of benzene rings is 3. The lowest BCUT2D eigenvalue weighted by Crippen LogP contribution is -2.38. The maximum Gasteiger partial charge on any atom is 0.416 e. The molecule has 0 radical (unpaired) electrons. The van der Waals surface area contributed by atoms with Gasteiger partial charge in [-0.2, -0.15) is 26.3 Å². The first-order valence-corrected chi connectivity index (χ1v) is 16.7. The summed E-state index contributed by atoms with van der Waals surface area (Å²) in [7, 11) is 0. The molecule has 18 heteroatoms. The minimum absolute atomic E-state index is 0.0108. The Morgan fingerprint density at radius 2 is 1.62 bits per heavy atom. The number of aromatic carboxylic acids is 1. The predicted molar refractivity (Wildman–Crippen MR) is 181 cm³/mol. The van der Waals surface area contributed by atoms with Crippen LogP contribution in [0.25, 0.3) is 17.2 Å². The Kier molecular flexibility index (Phi) is 11.9. The van der Waals surface area contributed by atoms with Crippen LogP contribution in [0.1, 0.15) is 33.5 Å². The number of thiocarbonyl (C=S) groups is 1. The maximum atomic E-state index is 14.0. The minimum atomic E-state index is -5.06. The van der Waals surface area contributed by atoms with Crippen molar-refractivity contribution in [3.63, 3.8) is 0 Å². The summed E-state index contributed by atoms with van der Waals surface area (Å²) >= 11 is 6.22. The van der Waals surface area contributed by atoms with E-state index in [1.165, 1.54) is 30.3 Å². The average Bonchev–Trinajstić information content (AvgIpc) is 3.34. The number of halogens is 7. The SMILES string of the molecule is O=C(CCN1C(=O)/C(=C/c2cc(-c3cc(C(F)(F)F)cc(C(F)(F)F)c3)ccc2OCCN2CCOCC2)SC1=S)Nc1ccc(C(=O)O)c(F)c1. The van der Waals surface area contributed by atoms with Gasteiger partial charge in [-0.15, -0.1) is 0 Å². The van der Waals surface area contributed by atoms with E-state index in [9.17, 15) is 45.1 Å². The zero-order chi connectivity index (χ0) is 37.8. The molecule has 2 fully saturated rings. The normalized spacial score (nSPS) is 16.4. The number of carbonyl (C=O) groups is 3. The number of hydrogen-bond acceptors (Lipinski definition) is 8. The molecule has 0 spiro atoms. The quantitative estimate of drug-likeness (QED) is 0.119. The molecule has 276 valence electrons. The second-order valence-corrected chi connectivity index (χ2v) is 13.2. The number of morpholine rings is 1. The van der Waals surface area contributed by atoms with Gasteiger partial charge in [0.2, 0.25) is 5.91 Å². The number of amides is 2. The number of nitrogens with zero attached hydrogens (tertiary/aromatic N) is 2. The Bertz CT molecular complexity index is 1880. The number of hydrogen-bond donors (Lipinski definition) is 2. The highest BCUT2D eigenvalue weighted by atomic mass is 32.2. The molecule has 2 saturated heterocycles. The van der Waals surface area contributed by atoms with Gasteiger partial charge in [-0.1, -0.05) is 30.0 Å². The van der Waals surface area contributed by atoms with Crippen LogP contribution in [-0.4, -0.2) is 83.0 Å². The maximum absolute atomic E-state index is 14.0. The van der Waals surface area contributed by atoms with Gasteiger partial charge in [0, 0.05) is 43.9 Å². The van der Waals surface area contributed by atoms with E-state index in [1.807, 2.05) is 0 Å². The van der Waals surface area contributed by atoms with Gasteiger partial charge in [0.1, 0.15) is 22.5 Å². The van der Waals surface area contributed by atoms with Crippen LogP contribution in [0.15, 0.2) is 59.5 Å². The fraction of sp³-hybridized carbons (Fsp3) is 0.294. The highest BCUT2D eigenvalue weighted by Crippen LogP contribution is 2.40. The summed E-state index contributed by atoms with van der Waals surface area (Å²) in [4.78, 5) is 40.3. The number of anilines is 1. The molecule has 0 aromatic heterocycles. The Hall–Kier alpha value is -4.52. The van der Waals surface area contributed by atoms with E-state index < -0.39 is 52.6 Å². The van der Waals surface area contributed by atoms with Crippen LogP contribution in [0.4, 0.5) is 36.4 Å². The molecule has 2 aliphatic rings. The first kappa shape index (κ1) is 38.7. The smallest absolute Gasteiger partial charge is 0.416 e. The molecule has 3 aromatic rings. The van der Waals surface area contributed by atoms with Gasteiger partial charge < -0.3 is 19.9 Å². The number of rotatable bonds is 11. The number of nitrogens with one attached hydrogen (secondary N) is 1. The standard InChI is InChI=1S/C34H28F7N3O6S2/c35-26-18-24(2-3-25(26)31(47)48)42-29(45)5-6-44-30(46)28(52-32(44)51)16-21-13-19(1-4-27(21)50-12-9-43-7-10-49-11-8-43)20-14-22(33(36,37)38)17-23(15-20)34(39,40)41/h1-4,13-18H,5-12H2,(H,42,45)(H,47,48)/b28-16-. The van der Waals surface area contributed by atoms with Crippen molar-refractivity contribution >= 4 is 57.8 Å². The highest BCUT2D eigenvalue weighted by molar-refractivity contribution is 8.26. The topological polar surface area (TPSA) is 108 Å². The number of ether oxygens (including phenoxy) is 2. The Morgan fingerprint density at radius 1 is 0.942 bits per heavy atom. The van der Waals surface area contributed by atoms with Crippen LogP contribution in [0.5, 0.6) is 5.75 Å². The predicted octanol–water partition coefficient (Wildman–Crippen LogP) is 7.17. The van der Waals surface area contributed by atoms with E-state index in [2.05, 4.69) is 10.2 Å². The summed E-state index contributed by atoms with van der Waals surface area (Å²) in [6.07, 6.45) is -9.05. The average molecular weight is 772 g/mol. The number of alkyl halides is 6. The molecule has 5 rings (SSSR count). The molecule has 0 bridgehead atoms. The first-order valence-electron chi connectivity index (χ1n) is 15.4. The Morgan fingerprint density at radius 3 is 2.23 bits per heavy atom. The lowest BCUT2D eigenvalue weighted by Gasteiger charge is -2.26. The van der Waals surface area contributed by atoms with E-state index >= 15 is 0 Å². The highest BCUT2D eigenvalue weighted by Gasteiger charge is 2.37. The van der Waals surface area contributed by atoms with Crippen molar-refractivity contribution in [2.24, 2.45) is 0 Å². The molecule has 2 heterocycles. The molecule has 0 aliphatic carbocycles. The van der Waals surface area contributed by atoms with E-state index in [1.54, 1.807) is 0 Å². The molecule has 52 heavy (non-hydrogen) atoms. The first-order chi connectivity index (χ1) is 24.5. The monoisotopic (exact) mass is 771 g/mol. The van der Waals surface area contributed by atoms with Gasteiger partial charge in [0.05, 0.1) is 34.8 Å². The fourth-order valence-electron chi connectivity index (χ4n) is 5.24. The summed E-state index contributed by atoms with van der Waals surface area (Å²) < 4.78 is 107. The number of carbonyl (C=O) groups excluding carboxylic acids is 2. The van der Waals surface area contributed by atoms with Gasteiger partial charge >= 0.3 is 18.3 Å². The molecular formula is C34H28F7N3O6S2. The van der Waals surface area contributed by atoms with Crippen molar-refractivity contribution in [1.82, 2.24) is 9.80 Å². The molecule has 9 nitrogen and oxygen atoms in total. The van der Waals surface area contributed by atoms with Gasteiger partial charge in [-0.05, 0) is 65.7 Å².